The minimum absolute atomic E-state index is 0.118. The van der Waals surface area contributed by atoms with Crippen LogP contribution in [0.3, 0.4) is 0 Å². The van der Waals surface area contributed by atoms with Gasteiger partial charge in [0.2, 0.25) is 0 Å². The van der Waals surface area contributed by atoms with Crippen LogP contribution in [0.4, 0.5) is 0 Å². The van der Waals surface area contributed by atoms with E-state index in [1.807, 2.05) is 6.08 Å². The molecule has 0 rings (SSSR count). The first-order valence-electron chi connectivity index (χ1n) is 6.59. The maximum atomic E-state index is 11.2. The van der Waals surface area contributed by atoms with E-state index in [-0.39, 0.29) is 19.2 Å². The number of hydrogen-bond acceptors (Lipinski definition) is 4. The average molecular weight is 257 g/mol. The summed E-state index contributed by atoms with van der Waals surface area (Å²) in [5, 5.41) is 17.5. The van der Waals surface area contributed by atoms with Crippen LogP contribution in [0.5, 0.6) is 0 Å². The molecule has 0 unspecified atom stereocenters. The summed E-state index contributed by atoms with van der Waals surface area (Å²) in [5.41, 5.74) is 0. The Kier molecular flexibility index (Phi) is 11.8. The van der Waals surface area contributed by atoms with E-state index in [1.165, 1.54) is 12.8 Å². The van der Waals surface area contributed by atoms with Crippen LogP contribution in [-0.2, 0) is 9.53 Å². The number of carbonyl (C=O) groups excluding carboxylic acids is 1. The van der Waals surface area contributed by atoms with Crippen molar-refractivity contribution in [3.05, 3.63) is 19.1 Å². The smallest absolute Gasteiger partial charge is 0.305 e. The molecule has 0 bridgehead atoms. The van der Waals surface area contributed by atoms with Crippen LogP contribution in [-0.4, -0.2) is 35.5 Å². The monoisotopic (exact) mass is 257 g/mol. The third kappa shape index (κ3) is 11.5. The number of unbranched alkanes of at least 4 members (excludes halogenated alkanes) is 6. The van der Waals surface area contributed by atoms with Crippen molar-refractivity contribution in [1.29, 1.82) is 0 Å². The van der Waals surface area contributed by atoms with Crippen molar-refractivity contribution < 1.29 is 19.7 Å². The van der Waals surface area contributed by atoms with E-state index in [9.17, 15) is 4.79 Å². The third-order valence-electron chi connectivity index (χ3n) is 2.57. The fraction of sp³-hybridized carbons (Fsp3) is 0.714. The van der Waals surface area contributed by atoms with E-state index >= 15 is 0 Å². The number of carbonyl (C=O) groups is 1. The highest BCUT2D eigenvalue weighted by Gasteiger charge is 2.07. The van der Waals surface area contributed by atoms with Gasteiger partial charge < -0.3 is 14.9 Å². The first-order chi connectivity index (χ1) is 8.70. The molecule has 0 heterocycles. The summed E-state index contributed by atoms with van der Waals surface area (Å²) in [4.78, 5) is 11.2. The number of rotatable bonds is 12. The summed E-state index contributed by atoms with van der Waals surface area (Å²) in [7, 11) is 0. The summed E-state index contributed by atoms with van der Waals surface area (Å²) >= 11 is 0. The van der Waals surface area contributed by atoms with Crippen molar-refractivity contribution in [3.8, 4) is 0 Å². The molecule has 1 atom stereocenters. The lowest BCUT2D eigenvalue weighted by atomic mass is 10.1. The summed E-state index contributed by atoms with van der Waals surface area (Å²) in [6.07, 6.45) is 9.67. The van der Waals surface area contributed by atoms with Crippen LogP contribution >= 0.6 is 0 Å². The molecule has 4 heteroatoms. The van der Waals surface area contributed by atoms with Crippen LogP contribution in [0, 0.1) is 6.42 Å². The molecule has 0 saturated carbocycles. The van der Waals surface area contributed by atoms with Crippen LogP contribution in [0.1, 0.15) is 44.9 Å². The van der Waals surface area contributed by atoms with Gasteiger partial charge >= 0.3 is 5.97 Å². The zero-order chi connectivity index (χ0) is 13.6. The van der Waals surface area contributed by atoms with Gasteiger partial charge in [-0.05, 0) is 6.42 Å². The predicted molar refractivity (Wildman–Crippen MR) is 70.9 cm³/mol. The summed E-state index contributed by atoms with van der Waals surface area (Å²) in [5.74, 6) is -0.303. The maximum Gasteiger partial charge on any atom is 0.305 e. The van der Waals surface area contributed by atoms with Gasteiger partial charge in [-0.3, -0.25) is 4.79 Å². The minimum atomic E-state index is -0.963. The van der Waals surface area contributed by atoms with Gasteiger partial charge in [0.25, 0.3) is 0 Å². The molecule has 0 aromatic heterocycles. The number of esters is 1. The maximum absolute atomic E-state index is 11.2. The van der Waals surface area contributed by atoms with Crippen molar-refractivity contribution in [2.24, 2.45) is 0 Å². The quantitative estimate of drug-likeness (QED) is 0.319. The summed E-state index contributed by atoms with van der Waals surface area (Å²) in [6, 6.07) is 0. The van der Waals surface area contributed by atoms with E-state index in [0.717, 1.165) is 25.7 Å². The Morgan fingerprint density at radius 3 is 2.61 bits per heavy atom. The Morgan fingerprint density at radius 1 is 1.28 bits per heavy atom. The Bertz CT molecular complexity index is 216. The highest BCUT2D eigenvalue weighted by atomic mass is 16.5. The lowest BCUT2D eigenvalue weighted by Gasteiger charge is -2.08. The van der Waals surface area contributed by atoms with Crippen LogP contribution < -0.4 is 0 Å². The number of aliphatic hydroxyl groups is 2. The molecule has 0 aliphatic heterocycles. The molecule has 0 fully saturated rings. The highest BCUT2D eigenvalue weighted by Crippen LogP contribution is 2.08. The van der Waals surface area contributed by atoms with E-state index in [2.05, 4.69) is 13.0 Å². The molecule has 0 radical (unpaired) electrons. The minimum Gasteiger partial charge on any atom is -0.463 e. The summed E-state index contributed by atoms with van der Waals surface area (Å²) in [6.45, 7) is 3.12. The normalized spacial score (nSPS) is 11.9. The molecule has 0 aromatic carbocycles. The zero-order valence-corrected chi connectivity index (χ0v) is 11.0. The molecule has 0 aliphatic carbocycles. The topological polar surface area (TPSA) is 66.8 Å². The second-order valence-corrected chi connectivity index (χ2v) is 4.30. The van der Waals surface area contributed by atoms with Gasteiger partial charge in [-0.2, -0.15) is 0 Å². The van der Waals surface area contributed by atoms with E-state index in [4.69, 9.17) is 14.9 Å². The van der Waals surface area contributed by atoms with Crippen LogP contribution in [0.15, 0.2) is 12.7 Å². The van der Waals surface area contributed by atoms with Crippen molar-refractivity contribution in [2.75, 3.05) is 13.2 Å². The number of hydrogen-bond donors (Lipinski definition) is 2. The van der Waals surface area contributed by atoms with Crippen molar-refractivity contribution in [2.45, 2.75) is 51.0 Å². The fourth-order valence-electron chi connectivity index (χ4n) is 1.49. The van der Waals surface area contributed by atoms with Crippen molar-refractivity contribution >= 4 is 5.97 Å². The van der Waals surface area contributed by atoms with Crippen molar-refractivity contribution in [1.82, 2.24) is 0 Å². The molecular formula is C14H25O4-. The summed E-state index contributed by atoms with van der Waals surface area (Å²) < 4.78 is 4.79. The first kappa shape index (κ1) is 17.0. The van der Waals surface area contributed by atoms with Gasteiger partial charge in [0.05, 0.1) is 6.61 Å². The molecule has 2 N–H and O–H groups in total. The van der Waals surface area contributed by atoms with Gasteiger partial charge in [0.15, 0.2) is 0 Å². The second kappa shape index (κ2) is 12.5. The van der Waals surface area contributed by atoms with E-state index < -0.39 is 6.10 Å². The second-order valence-electron chi connectivity index (χ2n) is 4.30. The van der Waals surface area contributed by atoms with Crippen LogP contribution in [0.2, 0.25) is 0 Å². The lowest BCUT2D eigenvalue weighted by molar-refractivity contribution is -0.147. The molecule has 0 spiro atoms. The largest absolute Gasteiger partial charge is 0.463 e. The Morgan fingerprint density at radius 2 is 1.94 bits per heavy atom. The molecular weight excluding hydrogens is 232 g/mol. The molecule has 0 amide bonds. The van der Waals surface area contributed by atoms with Gasteiger partial charge in [-0.25, -0.2) is 19.1 Å². The molecule has 18 heavy (non-hydrogen) atoms. The van der Waals surface area contributed by atoms with Gasteiger partial charge in [0, 0.05) is 6.42 Å². The third-order valence-corrected chi connectivity index (χ3v) is 2.57. The molecule has 0 aliphatic rings. The Balaban J connectivity index is 3.22. The molecule has 0 saturated heterocycles. The SMILES string of the molecule is C=C[CH-]CCCCCCCC(=O)OC[C@@H](O)CO. The zero-order valence-electron chi connectivity index (χ0n) is 11.0. The number of allylic oxidation sites excluding steroid dienone is 1. The molecule has 106 valence electrons. The van der Waals surface area contributed by atoms with Crippen LogP contribution in [0.25, 0.3) is 0 Å². The standard InChI is InChI=1S/C14H25O4/c1-2-3-4-5-6-7-8-9-10-14(17)18-12-13(16)11-15/h2-3,13,15-16H,1,4-12H2/q-1/t13-/m0/s1. The Labute approximate surface area is 110 Å². The van der Waals surface area contributed by atoms with Gasteiger partial charge in [0.1, 0.15) is 12.7 Å². The predicted octanol–water partition coefficient (Wildman–Crippen LogP) is 2.00. The number of aliphatic hydroxyl groups excluding tert-OH is 2. The lowest BCUT2D eigenvalue weighted by Crippen LogP contribution is -2.21. The van der Waals surface area contributed by atoms with E-state index in [0.29, 0.717) is 6.42 Å². The Hall–Kier alpha value is -1.00. The number of ether oxygens (including phenoxy) is 1. The molecule has 0 aromatic rings. The van der Waals surface area contributed by atoms with Gasteiger partial charge in [-0.15, -0.1) is 6.42 Å². The highest BCUT2D eigenvalue weighted by molar-refractivity contribution is 5.69. The molecule has 4 nitrogen and oxygen atoms in total. The van der Waals surface area contributed by atoms with Gasteiger partial charge in [-0.1, -0.05) is 25.7 Å². The first-order valence-corrected chi connectivity index (χ1v) is 6.59. The average Bonchev–Trinajstić information content (AvgIpc) is 2.39. The van der Waals surface area contributed by atoms with E-state index in [1.54, 1.807) is 0 Å². The fourth-order valence-corrected chi connectivity index (χ4v) is 1.49. The van der Waals surface area contributed by atoms with Crippen molar-refractivity contribution in [3.63, 3.8) is 0 Å².